The van der Waals surface area contributed by atoms with E-state index in [0.29, 0.717) is 16.5 Å². The normalized spacial score (nSPS) is 13.3. The van der Waals surface area contributed by atoms with Crippen LogP contribution < -0.4 is 4.74 Å². The van der Waals surface area contributed by atoms with Crippen molar-refractivity contribution in [2.24, 2.45) is 4.36 Å². The molecule has 6 nitrogen and oxygen atoms in total. The standard InChI is InChI=1S/C27H25FN4O2S/c1-16(2)26-25(17-9-11-19(28)12-10-17)20-13-18-15-29-31-22(18)14-21(20)27(30-26)32-35(4,33)24-8-6-5-7-23(24)34-3/h5-16H,1-4H3,(H,29,31). The van der Waals surface area contributed by atoms with Crippen molar-refractivity contribution in [1.82, 2.24) is 15.2 Å². The van der Waals surface area contributed by atoms with E-state index in [1.54, 1.807) is 43.8 Å². The molecule has 3 aromatic carbocycles. The highest BCUT2D eigenvalue weighted by Gasteiger charge is 2.21. The average molecular weight is 489 g/mol. The molecule has 0 saturated heterocycles. The van der Waals surface area contributed by atoms with Crippen LogP contribution in [-0.2, 0) is 9.73 Å². The fraction of sp³-hybridized carbons (Fsp3) is 0.185. The number of para-hydroxylation sites is 1. The summed E-state index contributed by atoms with van der Waals surface area (Å²) in [6, 6.07) is 17.5. The lowest BCUT2D eigenvalue weighted by molar-refractivity contribution is 0.404. The van der Waals surface area contributed by atoms with Crippen LogP contribution in [0.2, 0.25) is 0 Å². The summed E-state index contributed by atoms with van der Waals surface area (Å²) in [5.74, 6) is 0.622. The van der Waals surface area contributed by atoms with Crippen LogP contribution in [-0.4, -0.2) is 32.8 Å². The van der Waals surface area contributed by atoms with Crippen molar-refractivity contribution < 1.29 is 13.3 Å². The Hall–Kier alpha value is -3.78. The van der Waals surface area contributed by atoms with E-state index in [0.717, 1.165) is 38.5 Å². The third-order valence-electron chi connectivity index (χ3n) is 5.99. The molecule has 5 aromatic rings. The van der Waals surface area contributed by atoms with E-state index < -0.39 is 9.73 Å². The fourth-order valence-electron chi connectivity index (χ4n) is 4.30. The molecule has 1 N–H and O–H groups in total. The summed E-state index contributed by atoms with van der Waals surface area (Å²) in [5, 5.41) is 9.71. The van der Waals surface area contributed by atoms with Crippen molar-refractivity contribution >= 4 is 37.2 Å². The number of hydrogen-bond donors (Lipinski definition) is 1. The van der Waals surface area contributed by atoms with Crippen molar-refractivity contribution in [3.8, 4) is 16.9 Å². The Morgan fingerprint density at radius 1 is 1.06 bits per heavy atom. The molecule has 0 fully saturated rings. The highest BCUT2D eigenvalue weighted by atomic mass is 32.2. The number of aromatic nitrogens is 3. The Kier molecular flexibility index (Phi) is 5.76. The zero-order chi connectivity index (χ0) is 24.7. The zero-order valence-corrected chi connectivity index (χ0v) is 20.7. The van der Waals surface area contributed by atoms with Crippen LogP contribution >= 0.6 is 0 Å². The van der Waals surface area contributed by atoms with Gasteiger partial charge < -0.3 is 4.74 Å². The molecular weight excluding hydrogens is 463 g/mol. The first-order valence-corrected chi connectivity index (χ1v) is 13.1. The van der Waals surface area contributed by atoms with Gasteiger partial charge in [-0.15, -0.1) is 0 Å². The van der Waals surface area contributed by atoms with Crippen LogP contribution in [0.1, 0.15) is 25.5 Å². The maximum Gasteiger partial charge on any atom is 0.170 e. The van der Waals surface area contributed by atoms with Gasteiger partial charge in [0.2, 0.25) is 0 Å². The van der Waals surface area contributed by atoms with Crippen molar-refractivity contribution in [2.75, 3.05) is 13.4 Å². The summed E-state index contributed by atoms with van der Waals surface area (Å²) in [7, 11) is -1.35. The second-order valence-corrected chi connectivity index (χ2v) is 11.0. The van der Waals surface area contributed by atoms with Gasteiger partial charge in [0.05, 0.1) is 39.1 Å². The monoisotopic (exact) mass is 488 g/mol. The summed E-state index contributed by atoms with van der Waals surface area (Å²) in [5.41, 5.74) is 3.36. The first-order chi connectivity index (χ1) is 16.8. The smallest absolute Gasteiger partial charge is 0.170 e. The fourth-order valence-corrected chi connectivity index (χ4v) is 5.73. The molecule has 178 valence electrons. The van der Waals surface area contributed by atoms with Crippen molar-refractivity contribution in [3.05, 3.63) is 78.4 Å². The van der Waals surface area contributed by atoms with E-state index in [9.17, 15) is 8.60 Å². The van der Waals surface area contributed by atoms with E-state index in [1.165, 1.54) is 12.1 Å². The third-order valence-corrected chi connectivity index (χ3v) is 7.66. The molecular formula is C27H25FN4O2S. The van der Waals surface area contributed by atoms with E-state index >= 15 is 0 Å². The highest BCUT2D eigenvalue weighted by molar-refractivity contribution is 7.93. The number of hydrogen-bond acceptors (Lipinski definition) is 5. The molecule has 8 heteroatoms. The molecule has 1 unspecified atom stereocenters. The number of methoxy groups -OCH3 is 1. The van der Waals surface area contributed by atoms with Gasteiger partial charge in [0.1, 0.15) is 11.6 Å². The highest BCUT2D eigenvalue weighted by Crippen LogP contribution is 2.41. The van der Waals surface area contributed by atoms with Crippen LogP contribution in [0, 0.1) is 5.82 Å². The maximum absolute atomic E-state index is 13.9. The molecule has 0 aliphatic heterocycles. The SMILES string of the molecule is COc1ccccc1S(C)(=O)=Nc1nc(C(C)C)c(-c2ccc(F)cc2)c2cc3cn[nH]c3cc12. The second kappa shape index (κ2) is 8.78. The summed E-state index contributed by atoms with van der Waals surface area (Å²) < 4.78 is 37.8. The number of nitrogens with zero attached hydrogens (tertiary/aromatic N) is 3. The first-order valence-electron chi connectivity index (χ1n) is 11.2. The van der Waals surface area contributed by atoms with E-state index in [2.05, 4.69) is 10.2 Å². The van der Waals surface area contributed by atoms with Crippen LogP contribution in [0.15, 0.2) is 76.1 Å². The van der Waals surface area contributed by atoms with Crippen LogP contribution in [0.5, 0.6) is 5.75 Å². The van der Waals surface area contributed by atoms with Crippen LogP contribution in [0.3, 0.4) is 0 Å². The number of rotatable bonds is 5. The van der Waals surface area contributed by atoms with Gasteiger partial charge in [-0.3, -0.25) is 5.10 Å². The lowest BCUT2D eigenvalue weighted by Gasteiger charge is -2.18. The minimum Gasteiger partial charge on any atom is -0.495 e. The van der Waals surface area contributed by atoms with Crippen molar-refractivity contribution in [2.45, 2.75) is 24.7 Å². The minimum absolute atomic E-state index is 0.0348. The van der Waals surface area contributed by atoms with Gasteiger partial charge in [0.25, 0.3) is 0 Å². The molecule has 0 aliphatic rings. The van der Waals surface area contributed by atoms with Crippen LogP contribution in [0.4, 0.5) is 10.2 Å². The third kappa shape index (κ3) is 4.14. The average Bonchev–Trinajstić information content (AvgIpc) is 3.30. The molecule has 1 atom stereocenters. The molecule has 5 rings (SSSR count). The summed E-state index contributed by atoms with van der Waals surface area (Å²) >= 11 is 0. The molecule has 35 heavy (non-hydrogen) atoms. The first kappa shape index (κ1) is 23.0. The van der Waals surface area contributed by atoms with E-state index in [-0.39, 0.29) is 11.7 Å². The Balaban J connectivity index is 1.89. The Labute approximate surface area is 203 Å². The number of ether oxygens (including phenoxy) is 1. The number of benzene rings is 3. The number of fused-ring (bicyclic) bond motifs is 2. The molecule has 0 spiro atoms. The second-order valence-electron chi connectivity index (χ2n) is 8.76. The summed E-state index contributed by atoms with van der Waals surface area (Å²) in [6.07, 6.45) is 3.35. The van der Waals surface area contributed by atoms with Crippen LogP contribution in [0.25, 0.3) is 32.8 Å². The minimum atomic E-state index is -2.90. The predicted molar refractivity (Wildman–Crippen MR) is 138 cm³/mol. The number of pyridine rings is 1. The number of H-pyrrole nitrogens is 1. The summed E-state index contributed by atoms with van der Waals surface area (Å²) in [4.78, 5) is 5.45. The lowest BCUT2D eigenvalue weighted by atomic mass is 9.92. The van der Waals surface area contributed by atoms with E-state index in [1.807, 2.05) is 38.1 Å². The largest absolute Gasteiger partial charge is 0.495 e. The van der Waals surface area contributed by atoms with Gasteiger partial charge in [-0.05, 0) is 53.3 Å². The molecule has 0 bridgehead atoms. The predicted octanol–water partition coefficient (Wildman–Crippen LogP) is 6.84. The van der Waals surface area contributed by atoms with Gasteiger partial charge in [-0.2, -0.15) is 9.46 Å². The van der Waals surface area contributed by atoms with Crippen molar-refractivity contribution in [1.29, 1.82) is 0 Å². The van der Waals surface area contributed by atoms with Gasteiger partial charge in [0, 0.05) is 22.6 Å². The Bertz CT molecular complexity index is 1680. The molecule has 0 radical (unpaired) electrons. The molecule has 0 aliphatic carbocycles. The maximum atomic E-state index is 13.9. The van der Waals surface area contributed by atoms with Gasteiger partial charge in [-0.25, -0.2) is 13.6 Å². The number of nitrogens with one attached hydrogen (secondary N) is 1. The van der Waals surface area contributed by atoms with Gasteiger partial charge in [-0.1, -0.05) is 38.1 Å². The lowest BCUT2D eigenvalue weighted by Crippen LogP contribution is -2.03. The number of aromatic amines is 1. The Morgan fingerprint density at radius 3 is 2.51 bits per heavy atom. The Morgan fingerprint density at radius 2 is 1.80 bits per heavy atom. The molecule has 0 amide bonds. The molecule has 2 heterocycles. The topological polar surface area (TPSA) is 80.2 Å². The van der Waals surface area contributed by atoms with E-state index in [4.69, 9.17) is 14.1 Å². The quantitative estimate of drug-likeness (QED) is 0.294. The van der Waals surface area contributed by atoms with Gasteiger partial charge >= 0.3 is 0 Å². The molecule has 0 saturated carbocycles. The molecule has 2 aromatic heterocycles. The van der Waals surface area contributed by atoms with Crippen molar-refractivity contribution in [3.63, 3.8) is 0 Å². The number of halogens is 1. The van der Waals surface area contributed by atoms with Gasteiger partial charge in [0.15, 0.2) is 5.82 Å². The summed E-state index contributed by atoms with van der Waals surface area (Å²) in [6.45, 7) is 4.09. The zero-order valence-electron chi connectivity index (χ0n) is 19.9.